The van der Waals surface area contributed by atoms with Crippen LogP contribution in [0.5, 0.6) is 0 Å². The molecule has 0 aliphatic carbocycles. The summed E-state index contributed by atoms with van der Waals surface area (Å²) in [5, 5.41) is 0. The Kier molecular flexibility index (Phi) is 5.12. The lowest BCUT2D eigenvalue weighted by molar-refractivity contribution is -0.137. The molecule has 1 aromatic rings. The molecule has 0 unspecified atom stereocenters. The van der Waals surface area contributed by atoms with E-state index in [0.717, 1.165) is 22.4 Å². The number of aryl methyl sites for hydroxylation is 2. The van der Waals surface area contributed by atoms with Gasteiger partial charge in [0.15, 0.2) is 0 Å². The van der Waals surface area contributed by atoms with Crippen molar-refractivity contribution < 1.29 is 9.59 Å². The maximum absolute atomic E-state index is 12.8. The van der Waals surface area contributed by atoms with Crippen LogP contribution in [0.15, 0.2) is 23.1 Å². The molecule has 1 aliphatic heterocycles. The lowest BCUT2D eigenvalue weighted by Crippen LogP contribution is -2.34. The van der Waals surface area contributed by atoms with Crippen LogP contribution in [0.25, 0.3) is 5.57 Å². The summed E-state index contributed by atoms with van der Waals surface area (Å²) in [4.78, 5) is 27.4. The van der Waals surface area contributed by atoms with Crippen LogP contribution in [0.3, 0.4) is 0 Å². The van der Waals surface area contributed by atoms with Crippen molar-refractivity contribution in [3.63, 3.8) is 0 Å². The van der Waals surface area contributed by atoms with E-state index in [1.54, 1.807) is 0 Å². The molecular weight excluding hydrogens is 294 g/mol. The summed E-state index contributed by atoms with van der Waals surface area (Å²) in [5.41, 5.74) is 3.65. The number of thioether (sulfide) groups is 1. The molecule has 0 radical (unpaired) electrons. The maximum Gasteiger partial charge on any atom is 0.267 e. The van der Waals surface area contributed by atoms with E-state index < -0.39 is 0 Å². The average molecular weight is 317 g/mol. The van der Waals surface area contributed by atoms with Gasteiger partial charge < -0.3 is 0 Å². The highest BCUT2D eigenvalue weighted by atomic mass is 32.2. The molecule has 0 bridgehead atoms. The molecule has 3 nitrogen and oxygen atoms in total. The third-order valence-corrected chi connectivity index (χ3v) is 4.57. The highest BCUT2D eigenvalue weighted by molar-refractivity contribution is 8.04. The van der Waals surface area contributed by atoms with Crippen molar-refractivity contribution in [2.75, 3.05) is 12.3 Å². The molecule has 0 atom stereocenters. The van der Waals surface area contributed by atoms with E-state index in [-0.39, 0.29) is 17.7 Å². The van der Waals surface area contributed by atoms with Gasteiger partial charge in [0.25, 0.3) is 11.8 Å². The molecule has 22 heavy (non-hydrogen) atoms. The fourth-order valence-electron chi connectivity index (χ4n) is 2.69. The standard InChI is InChI=1S/C18H23NO2S/c1-6-22-16-15(14-8-7-12(4)9-13(14)5)17(20)19(18(16)21)10-11(2)3/h7-9,11H,6,10H2,1-5H3. The topological polar surface area (TPSA) is 37.4 Å². The van der Waals surface area contributed by atoms with Crippen molar-refractivity contribution in [2.45, 2.75) is 34.6 Å². The number of rotatable bonds is 5. The van der Waals surface area contributed by atoms with Crippen LogP contribution in [-0.2, 0) is 9.59 Å². The summed E-state index contributed by atoms with van der Waals surface area (Å²) in [7, 11) is 0. The lowest BCUT2D eigenvalue weighted by atomic mass is 9.98. The highest BCUT2D eigenvalue weighted by Crippen LogP contribution is 2.37. The van der Waals surface area contributed by atoms with Crippen LogP contribution in [0.4, 0.5) is 0 Å². The van der Waals surface area contributed by atoms with Crippen molar-refractivity contribution in [3.8, 4) is 0 Å². The monoisotopic (exact) mass is 317 g/mol. The van der Waals surface area contributed by atoms with Gasteiger partial charge >= 0.3 is 0 Å². The van der Waals surface area contributed by atoms with Gasteiger partial charge in [0.05, 0.1) is 10.5 Å². The molecule has 1 aliphatic rings. The number of hydrogen-bond donors (Lipinski definition) is 0. The second kappa shape index (κ2) is 6.69. The summed E-state index contributed by atoms with van der Waals surface area (Å²) in [6.07, 6.45) is 0. The van der Waals surface area contributed by atoms with Crippen LogP contribution in [0.2, 0.25) is 0 Å². The predicted octanol–water partition coefficient (Wildman–Crippen LogP) is 3.79. The molecule has 0 aromatic heterocycles. The van der Waals surface area contributed by atoms with Gasteiger partial charge in [-0.15, -0.1) is 11.8 Å². The first-order valence-corrected chi connectivity index (χ1v) is 8.66. The summed E-state index contributed by atoms with van der Waals surface area (Å²) in [6, 6.07) is 6.01. The molecule has 0 saturated carbocycles. The fraction of sp³-hybridized carbons (Fsp3) is 0.444. The van der Waals surface area contributed by atoms with Gasteiger partial charge in [0.2, 0.25) is 0 Å². The molecule has 0 saturated heterocycles. The molecular formula is C18H23NO2S. The van der Waals surface area contributed by atoms with Gasteiger partial charge in [-0.25, -0.2) is 0 Å². The highest BCUT2D eigenvalue weighted by Gasteiger charge is 2.39. The number of amides is 2. The van der Waals surface area contributed by atoms with Crippen molar-refractivity contribution in [1.82, 2.24) is 4.90 Å². The normalized spacial score (nSPS) is 15.5. The van der Waals surface area contributed by atoms with Crippen LogP contribution in [-0.4, -0.2) is 29.0 Å². The second-order valence-electron chi connectivity index (χ2n) is 6.07. The van der Waals surface area contributed by atoms with Crippen molar-refractivity contribution in [2.24, 2.45) is 5.92 Å². The van der Waals surface area contributed by atoms with E-state index >= 15 is 0 Å². The van der Waals surface area contributed by atoms with Crippen molar-refractivity contribution in [1.29, 1.82) is 0 Å². The van der Waals surface area contributed by atoms with Gasteiger partial charge in [-0.2, -0.15) is 0 Å². The molecule has 0 fully saturated rings. The van der Waals surface area contributed by atoms with Gasteiger partial charge in [0, 0.05) is 6.54 Å². The molecule has 1 aromatic carbocycles. The van der Waals surface area contributed by atoms with Crippen molar-refractivity contribution >= 4 is 29.1 Å². The Balaban J connectivity index is 2.53. The van der Waals surface area contributed by atoms with Gasteiger partial charge in [0.1, 0.15) is 0 Å². The molecule has 118 valence electrons. The van der Waals surface area contributed by atoms with Gasteiger partial charge in [-0.1, -0.05) is 44.5 Å². The molecule has 1 heterocycles. The van der Waals surface area contributed by atoms with E-state index in [4.69, 9.17) is 0 Å². The van der Waals surface area contributed by atoms with E-state index in [2.05, 4.69) is 6.07 Å². The molecule has 4 heteroatoms. The third-order valence-electron chi connectivity index (χ3n) is 3.61. The van der Waals surface area contributed by atoms with Gasteiger partial charge in [-0.05, 0) is 36.6 Å². The first kappa shape index (κ1) is 16.8. The Morgan fingerprint density at radius 1 is 1.14 bits per heavy atom. The zero-order chi connectivity index (χ0) is 16.4. The Labute approximate surface area is 136 Å². The zero-order valence-corrected chi connectivity index (χ0v) is 14.7. The summed E-state index contributed by atoms with van der Waals surface area (Å²) >= 11 is 1.47. The smallest absolute Gasteiger partial charge is 0.267 e. The first-order chi connectivity index (χ1) is 10.4. The quantitative estimate of drug-likeness (QED) is 0.775. The molecule has 0 N–H and O–H groups in total. The van der Waals surface area contributed by atoms with Gasteiger partial charge in [-0.3, -0.25) is 14.5 Å². The molecule has 2 rings (SSSR count). The fourth-order valence-corrected chi connectivity index (χ4v) is 3.56. The Hall–Kier alpha value is -1.55. The predicted molar refractivity (Wildman–Crippen MR) is 92.5 cm³/mol. The average Bonchev–Trinajstić information content (AvgIpc) is 2.64. The van der Waals surface area contributed by atoms with Crippen molar-refractivity contribution in [3.05, 3.63) is 39.8 Å². The van der Waals surface area contributed by atoms with Crippen LogP contribution < -0.4 is 0 Å². The number of nitrogens with zero attached hydrogens (tertiary/aromatic N) is 1. The summed E-state index contributed by atoms with van der Waals surface area (Å²) in [6.45, 7) is 10.5. The second-order valence-corrected chi connectivity index (χ2v) is 7.34. The Morgan fingerprint density at radius 3 is 2.36 bits per heavy atom. The third kappa shape index (κ3) is 3.12. The van der Waals surface area contributed by atoms with E-state index in [1.807, 2.05) is 46.8 Å². The number of carbonyl (C=O) groups excluding carboxylic acids is 2. The minimum absolute atomic E-state index is 0.138. The van der Waals surface area contributed by atoms with E-state index in [1.165, 1.54) is 16.7 Å². The minimum Gasteiger partial charge on any atom is -0.274 e. The maximum atomic E-state index is 12.8. The number of benzene rings is 1. The zero-order valence-electron chi connectivity index (χ0n) is 13.9. The summed E-state index contributed by atoms with van der Waals surface area (Å²) < 4.78 is 0. The lowest BCUT2D eigenvalue weighted by Gasteiger charge is -2.17. The SMILES string of the molecule is CCSC1=C(c2ccc(C)cc2C)C(=O)N(CC(C)C)C1=O. The Bertz CT molecular complexity index is 646. The largest absolute Gasteiger partial charge is 0.274 e. The summed E-state index contributed by atoms with van der Waals surface area (Å²) in [5.74, 6) is 0.750. The Morgan fingerprint density at radius 2 is 1.82 bits per heavy atom. The van der Waals surface area contributed by atoms with E-state index in [9.17, 15) is 9.59 Å². The van der Waals surface area contributed by atoms with Crippen LogP contribution >= 0.6 is 11.8 Å². The molecule has 0 spiro atoms. The number of hydrogen-bond acceptors (Lipinski definition) is 3. The van der Waals surface area contributed by atoms with Crippen LogP contribution in [0.1, 0.15) is 37.5 Å². The number of imide groups is 1. The molecule has 2 amide bonds. The number of carbonyl (C=O) groups is 2. The minimum atomic E-state index is -0.151. The van der Waals surface area contributed by atoms with E-state index in [0.29, 0.717) is 17.0 Å². The first-order valence-electron chi connectivity index (χ1n) is 7.67. The van der Waals surface area contributed by atoms with Crippen LogP contribution in [0, 0.1) is 19.8 Å².